The lowest BCUT2D eigenvalue weighted by atomic mass is 10.2. The summed E-state index contributed by atoms with van der Waals surface area (Å²) in [6.07, 6.45) is 1.28. The van der Waals surface area contributed by atoms with Gasteiger partial charge in [0.2, 0.25) is 0 Å². The van der Waals surface area contributed by atoms with Gasteiger partial charge in [-0.3, -0.25) is 9.59 Å². The minimum Gasteiger partial charge on any atom is -0.468 e. The molecule has 10 heteroatoms. The van der Waals surface area contributed by atoms with Crippen LogP contribution in [0.25, 0.3) is 0 Å². The lowest BCUT2D eigenvalue weighted by Gasteiger charge is -2.16. The smallest absolute Gasteiger partial charge is 0.309 e. The maximum absolute atomic E-state index is 13.2. The Labute approximate surface area is 177 Å². The number of carbonyl (C=O) groups is 2. The number of benzene rings is 2. The van der Waals surface area contributed by atoms with E-state index in [9.17, 15) is 26.8 Å². The molecule has 162 valence electrons. The Balaban J connectivity index is 1.68. The van der Waals surface area contributed by atoms with E-state index in [1.54, 1.807) is 0 Å². The van der Waals surface area contributed by atoms with E-state index in [2.05, 4.69) is 10.6 Å². The van der Waals surface area contributed by atoms with Gasteiger partial charge in [-0.15, -0.1) is 0 Å². The average Bonchev–Trinajstić information content (AvgIpc) is 3.27. The molecule has 0 saturated carbocycles. The summed E-state index contributed by atoms with van der Waals surface area (Å²) >= 11 is 0. The van der Waals surface area contributed by atoms with E-state index in [1.807, 2.05) is 0 Å². The van der Waals surface area contributed by atoms with Crippen LogP contribution in [-0.4, -0.2) is 26.8 Å². The summed E-state index contributed by atoms with van der Waals surface area (Å²) in [7, 11) is -4.06. The summed E-state index contributed by atoms with van der Waals surface area (Å²) in [6.45, 7) is -0.460. The zero-order valence-electron chi connectivity index (χ0n) is 16.0. The van der Waals surface area contributed by atoms with Crippen molar-refractivity contribution in [2.24, 2.45) is 0 Å². The summed E-state index contributed by atoms with van der Waals surface area (Å²) in [5.41, 5.74) is 0.579. The molecule has 31 heavy (non-hydrogen) atoms. The molecule has 1 heterocycles. The van der Waals surface area contributed by atoms with Gasteiger partial charge in [0.15, 0.2) is 9.84 Å². The maximum atomic E-state index is 13.2. The van der Waals surface area contributed by atoms with Gasteiger partial charge in [-0.2, -0.15) is 0 Å². The van der Waals surface area contributed by atoms with E-state index in [0.29, 0.717) is 5.56 Å². The predicted octanol–water partition coefficient (Wildman–Crippen LogP) is 2.51. The fourth-order valence-electron chi connectivity index (χ4n) is 2.76. The number of rotatable bonds is 7. The SMILES string of the molecule is O=C(NCc1ccc(F)cc1)C(=O)NC[C@@H](c1ccco1)S(=O)(=O)c1ccc(F)cc1. The van der Waals surface area contributed by atoms with Crippen molar-refractivity contribution in [2.75, 3.05) is 6.54 Å². The van der Waals surface area contributed by atoms with Crippen molar-refractivity contribution in [3.05, 3.63) is 89.9 Å². The predicted molar refractivity (Wildman–Crippen MR) is 106 cm³/mol. The largest absolute Gasteiger partial charge is 0.468 e. The van der Waals surface area contributed by atoms with E-state index < -0.39 is 45.1 Å². The Morgan fingerprint density at radius 1 is 0.871 bits per heavy atom. The zero-order chi connectivity index (χ0) is 22.4. The van der Waals surface area contributed by atoms with Crippen LogP contribution < -0.4 is 10.6 Å². The molecule has 0 aliphatic rings. The van der Waals surface area contributed by atoms with E-state index in [0.717, 1.165) is 24.3 Å². The van der Waals surface area contributed by atoms with Crippen molar-refractivity contribution in [3.63, 3.8) is 0 Å². The minimum absolute atomic E-state index is 0.0119. The van der Waals surface area contributed by atoms with Crippen LogP contribution in [0.4, 0.5) is 8.78 Å². The van der Waals surface area contributed by atoms with Crippen molar-refractivity contribution < 1.29 is 31.2 Å². The topological polar surface area (TPSA) is 105 Å². The van der Waals surface area contributed by atoms with Crippen LogP contribution in [0.5, 0.6) is 0 Å². The maximum Gasteiger partial charge on any atom is 0.309 e. The van der Waals surface area contributed by atoms with Crippen LogP contribution in [0.1, 0.15) is 16.6 Å². The van der Waals surface area contributed by atoms with E-state index in [4.69, 9.17) is 4.42 Å². The second-order valence-electron chi connectivity index (χ2n) is 6.52. The number of hydrogen-bond acceptors (Lipinski definition) is 5. The highest BCUT2D eigenvalue weighted by atomic mass is 32.2. The summed E-state index contributed by atoms with van der Waals surface area (Å²) in [5.74, 6) is -3.01. The Kier molecular flexibility index (Phi) is 6.81. The molecule has 3 rings (SSSR count). The zero-order valence-corrected chi connectivity index (χ0v) is 16.9. The second kappa shape index (κ2) is 9.52. The highest BCUT2D eigenvalue weighted by Gasteiger charge is 2.32. The quantitative estimate of drug-likeness (QED) is 0.427. The Bertz CT molecular complexity index is 1150. The van der Waals surface area contributed by atoms with Crippen molar-refractivity contribution in [2.45, 2.75) is 16.7 Å². The van der Waals surface area contributed by atoms with Gasteiger partial charge in [0.25, 0.3) is 0 Å². The molecule has 0 radical (unpaired) electrons. The Morgan fingerprint density at radius 2 is 1.45 bits per heavy atom. The highest BCUT2D eigenvalue weighted by molar-refractivity contribution is 7.91. The fourth-order valence-corrected chi connectivity index (χ4v) is 4.34. The fraction of sp³-hybridized carbons (Fsp3) is 0.143. The lowest BCUT2D eigenvalue weighted by Crippen LogP contribution is -2.42. The number of nitrogens with one attached hydrogen (secondary N) is 2. The first-order valence-corrected chi connectivity index (χ1v) is 10.7. The molecule has 2 aromatic carbocycles. The number of sulfone groups is 1. The van der Waals surface area contributed by atoms with Gasteiger partial charge >= 0.3 is 11.8 Å². The summed E-state index contributed by atoms with van der Waals surface area (Å²) in [5, 5.41) is 3.31. The van der Waals surface area contributed by atoms with Gasteiger partial charge < -0.3 is 15.1 Å². The first kappa shape index (κ1) is 22.2. The van der Waals surface area contributed by atoms with Crippen LogP contribution in [0.2, 0.25) is 0 Å². The molecule has 0 aliphatic heterocycles. The average molecular weight is 448 g/mol. The molecule has 0 unspecified atom stereocenters. The number of carbonyl (C=O) groups excluding carboxylic acids is 2. The number of halogens is 2. The van der Waals surface area contributed by atoms with Crippen molar-refractivity contribution in [1.29, 1.82) is 0 Å². The standard InChI is InChI=1S/C21H18F2N2O5S/c22-15-5-3-14(4-6-15)12-24-20(26)21(27)25-13-19(18-2-1-11-30-18)31(28,29)17-9-7-16(23)8-10-17/h1-11,19H,12-13H2,(H,24,26)(H,25,27)/t19-/m0/s1. The van der Waals surface area contributed by atoms with Crippen LogP contribution in [0.15, 0.2) is 76.2 Å². The Morgan fingerprint density at radius 3 is 2.03 bits per heavy atom. The van der Waals surface area contributed by atoms with Crippen LogP contribution in [0, 0.1) is 11.6 Å². The molecule has 1 atom stereocenters. The third-order valence-corrected chi connectivity index (χ3v) is 6.48. The summed E-state index contributed by atoms with van der Waals surface area (Å²) < 4.78 is 57.3. The molecule has 3 aromatic rings. The van der Waals surface area contributed by atoms with Gasteiger partial charge in [-0.1, -0.05) is 12.1 Å². The van der Waals surface area contributed by atoms with Crippen molar-refractivity contribution in [3.8, 4) is 0 Å². The van der Waals surface area contributed by atoms with Gasteiger partial charge in [0, 0.05) is 13.1 Å². The summed E-state index contributed by atoms with van der Waals surface area (Å²) in [6, 6.07) is 12.5. The number of furan rings is 1. The van der Waals surface area contributed by atoms with Crippen molar-refractivity contribution >= 4 is 21.7 Å². The van der Waals surface area contributed by atoms with Crippen LogP contribution in [-0.2, 0) is 26.0 Å². The molecule has 0 fully saturated rings. The van der Waals surface area contributed by atoms with Gasteiger partial charge in [-0.05, 0) is 54.1 Å². The van der Waals surface area contributed by atoms with Crippen molar-refractivity contribution in [1.82, 2.24) is 10.6 Å². The third-order valence-electron chi connectivity index (χ3n) is 4.40. The molecule has 0 aliphatic carbocycles. The molecule has 2 N–H and O–H groups in total. The molecule has 0 bridgehead atoms. The monoisotopic (exact) mass is 448 g/mol. The Hall–Kier alpha value is -3.53. The number of amides is 2. The van der Waals surface area contributed by atoms with Gasteiger partial charge in [0.05, 0.1) is 11.2 Å². The first-order valence-electron chi connectivity index (χ1n) is 9.10. The minimum atomic E-state index is -4.06. The molecular formula is C21H18F2N2O5S. The van der Waals surface area contributed by atoms with E-state index in [-0.39, 0.29) is 17.2 Å². The molecular weight excluding hydrogens is 430 g/mol. The van der Waals surface area contributed by atoms with E-state index >= 15 is 0 Å². The van der Waals surface area contributed by atoms with Gasteiger partial charge in [0.1, 0.15) is 22.6 Å². The lowest BCUT2D eigenvalue weighted by molar-refractivity contribution is -0.139. The molecule has 1 aromatic heterocycles. The number of hydrogen-bond donors (Lipinski definition) is 2. The van der Waals surface area contributed by atoms with Gasteiger partial charge in [-0.25, -0.2) is 17.2 Å². The first-order chi connectivity index (χ1) is 14.8. The van der Waals surface area contributed by atoms with E-state index in [1.165, 1.54) is 42.7 Å². The molecule has 7 nitrogen and oxygen atoms in total. The van der Waals surface area contributed by atoms with Crippen LogP contribution in [0.3, 0.4) is 0 Å². The van der Waals surface area contributed by atoms with Crippen LogP contribution >= 0.6 is 0 Å². The third kappa shape index (κ3) is 5.54. The molecule has 0 spiro atoms. The normalized spacial score (nSPS) is 12.2. The molecule has 0 saturated heterocycles. The highest BCUT2D eigenvalue weighted by Crippen LogP contribution is 2.29. The molecule has 2 amide bonds. The summed E-state index contributed by atoms with van der Waals surface area (Å²) in [4.78, 5) is 24.0. The second-order valence-corrected chi connectivity index (χ2v) is 8.65.